The van der Waals surface area contributed by atoms with Gasteiger partial charge >= 0.3 is 0 Å². The molecule has 2 unspecified atom stereocenters. The van der Waals surface area contributed by atoms with E-state index in [0.717, 1.165) is 6.42 Å². The molecule has 1 aromatic carbocycles. The SMILES string of the molecule is ClC1CCCCCC1Cc1ccc(I)cc1. The van der Waals surface area contributed by atoms with Gasteiger partial charge in [-0.2, -0.15) is 0 Å². The van der Waals surface area contributed by atoms with Gasteiger partial charge in [0.05, 0.1) is 0 Å². The van der Waals surface area contributed by atoms with Gasteiger partial charge in [0.15, 0.2) is 0 Å². The van der Waals surface area contributed by atoms with Crippen LogP contribution in [0, 0.1) is 9.49 Å². The largest absolute Gasteiger partial charge is 0.123 e. The van der Waals surface area contributed by atoms with Crippen LogP contribution in [0.5, 0.6) is 0 Å². The Morgan fingerprint density at radius 2 is 1.75 bits per heavy atom. The highest BCUT2D eigenvalue weighted by Gasteiger charge is 2.21. The summed E-state index contributed by atoms with van der Waals surface area (Å²) in [5, 5.41) is 0.391. The van der Waals surface area contributed by atoms with Crippen molar-refractivity contribution < 1.29 is 0 Å². The monoisotopic (exact) mass is 348 g/mol. The highest BCUT2D eigenvalue weighted by molar-refractivity contribution is 14.1. The van der Waals surface area contributed by atoms with E-state index >= 15 is 0 Å². The van der Waals surface area contributed by atoms with Gasteiger partial charge in [-0.15, -0.1) is 11.6 Å². The lowest BCUT2D eigenvalue weighted by Crippen LogP contribution is -2.15. The van der Waals surface area contributed by atoms with Crippen molar-refractivity contribution >= 4 is 34.2 Å². The smallest absolute Gasteiger partial charge is 0.0367 e. The van der Waals surface area contributed by atoms with Gasteiger partial charge < -0.3 is 0 Å². The number of hydrogen-bond acceptors (Lipinski definition) is 0. The van der Waals surface area contributed by atoms with Crippen LogP contribution in [0.15, 0.2) is 24.3 Å². The van der Waals surface area contributed by atoms with Gasteiger partial charge in [0.1, 0.15) is 0 Å². The first-order chi connectivity index (χ1) is 7.75. The van der Waals surface area contributed by atoms with Crippen LogP contribution in [0.3, 0.4) is 0 Å². The fourth-order valence-electron chi connectivity index (χ4n) is 2.49. The van der Waals surface area contributed by atoms with E-state index in [2.05, 4.69) is 46.9 Å². The summed E-state index contributed by atoms with van der Waals surface area (Å²) < 4.78 is 1.31. The van der Waals surface area contributed by atoms with Crippen LogP contribution in [-0.4, -0.2) is 5.38 Å². The zero-order valence-electron chi connectivity index (χ0n) is 9.46. The Morgan fingerprint density at radius 3 is 2.50 bits per heavy atom. The van der Waals surface area contributed by atoms with E-state index in [4.69, 9.17) is 11.6 Å². The first-order valence-electron chi connectivity index (χ1n) is 6.14. The topological polar surface area (TPSA) is 0 Å². The molecule has 1 fully saturated rings. The molecule has 0 amide bonds. The highest BCUT2D eigenvalue weighted by atomic mass is 127. The summed E-state index contributed by atoms with van der Waals surface area (Å²) in [5.41, 5.74) is 1.44. The Balaban J connectivity index is 1.99. The lowest BCUT2D eigenvalue weighted by Gasteiger charge is -2.19. The minimum absolute atomic E-state index is 0.391. The number of alkyl halides is 1. The van der Waals surface area contributed by atoms with Crippen LogP contribution in [-0.2, 0) is 6.42 Å². The molecule has 88 valence electrons. The molecule has 0 bridgehead atoms. The minimum Gasteiger partial charge on any atom is -0.123 e. The van der Waals surface area contributed by atoms with Gasteiger partial charge in [-0.3, -0.25) is 0 Å². The fourth-order valence-corrected chi connectivity index (χ4v) is 3.22. The van der Waals surface area contributed by atoms with Crippen LogP contribution < -0.4 is 0 Å². The molecule has 0 N–H and O–H groups in total. The van der Waals surface area contributed by atoms with Crippen molar-refractivity contribution in [1.29, 1.82) is 0 Å². The molecular weight excluding hydrogens is 331 g/mol. The van der Waals surface area contributed by atoms with Crippen molar-refractivity contribution in [2.24, 2.45) is 5.92 Å². The number of halogens is 2. The van der Waals surface area contributed by atoms with E-state index in [1.54, 1.807) is 0 Å². The van der Waals surface area contributed by atoms with Crippen molar-refractivity contribution in [3.05, 3.63) is 33.4 Å². The first-order valence-corrected chi connectivity index (χ1v) is 7.66. The van der Waals surface area contributed by atoms with Gasteiger partial charge in [-0.05, 0) is 65.5 Å². The van der Waals surface area contributed by atoms with E-state index in [-0.39, 0.29) is 0 Å². The van der Waals surface area contributed by atoms with Crippen LogP contribution in [0.1, 0.15) is 37.7 Å². The van der Waals surface area contributed by atoms with E-state index in [1.165, 1.54) is 41.2 Å². The highest BCUT2D eigenvalue weighted by Crippen LogP contribution is 2.30. The van der Waals surface area contributed by atoms with E-state index in [1.807, 2.05) is 0 Å². The number of hydrogen-bond donors (Lipinski definition) is 0. The van der Waals surface area contributed by atoms with Gasteiger partial charge in [0.2, 0.25) is 0 Å². The van der Waals surface area contributed by atoms with E-state index in [9.17, 15) is 0 Å². The average Bonchev–Trinajstić information content (AvgIpc) is 2.48. The average molecular weight is 349 g/mol. The molecule has 0 spiro atoms. The fraction of sp³-hybridized carbons (Fsp3) is 0.571. The zero-order valence-corrected chi connectivity index (χ0v) is 12.4. The lowest BCUT2D eigenvalue weighted by atomic mass is 9.92. The Labute approximate surface area is 117 Å². The Morgan fingerprint density at radius 1 is 1.06 bits per heavy atom. The number of benzene rings is 1. The molecule has 1 aliphatic carbocycles. The Kier molecular flexibility index (Phi) is 4.96. The van der Waals surface area contributed by atoms with Crippen LogP contribution in [0.4, 0.5) is 0 Å². The summed E-state index contributed by atoms with van der Waals surface area (Å²) in [6.45, 7) is 0. The quantitative estimate of drug-likeness (QED) is 0.400. The Hall–Kier alpha value is 0.240. The van der Waals surface area contributed by atoms with Crippen molar-refractivity contribution in [3.8, 4) is 0 Å². The molecular formula is C14H18ClI. The Bertz CT molecular complexity index is 320. The second-order valence-corrected chi connectivity index (χ2v) is 6.55. The zero-order chi connectivity index (χ0) is 11.4. The third-order valence-electron chi connectivity index (χ3n) is 3.48. The number of rotatable bonds is 2. The van der Waals surface area contributed by atoms with Gasteiger partial charge in [-0.1, -0.05) is 31.4 Å². The molecule has 0 aliphatic heterocycles. The third kappa shape index (κ3) is 3.63. The molecule has 0 saturated heterocycles. The summed E-state index contributed by atoms with van der Waals surface area (Å²) in [5.74, 6) is 0.684. The van der Waals surface area contributed by atoms with Crippen molar-refractivity contribution in [1.82, 2.24) is 0 Å². The summed E-state index contributed by atoms with van der Waals surface area (Å²) in [6, 6.07) is 8.87. The molecule has 2 atom stereocenters. The summed E-state index contributed by atoms with van der Waals surface area (Å²) in [7, 11) is 0. The molecule has 0 aromatic heterocycles. The van der Waals surface area contributed by atoms with Gasteiger partial charge in [0.25, 0.3) is 0 Å². The first kappa shape index (κ1) is 12.7. The van der Waals surface area contributed by atoms with Gasteiger partial charge in [0, 0.05) is 8.95 Å². The molecule has 16 heavy (non-hydrogen) atoms. The molecule has 0 heterocycles. The second-order valence-electron chi connectivity index (χ2n) is 4.74. The van der Waals surface area contributed by atoms with E-state index < -0.39 is 0 Å². The normalized spacial score (nSPS) is 26.4. The van der Waals surface area contributed by atoms with Crippen molar-refractivity contribution in [3.63, 3.8) is 0 Å². The maximum atomic E-state index is 6.47. The van der Waals surface area contributed by atoms with Crippen LogP contribution >= 0.6 is 34.2 Å². The predicted molar refractivity (Wildman–Crippen MR) is 79.1 cm³/mol. The van der Waals surface area contributed by atoms with Crippen LogP contribution in [0.25, 0.3) is 0 Å². The molecule has 1 aliphatic rings. The summed E-state index contributed by atoms with van der Waals surface area (Å²) in [4.78, 5) is 0. The van der Waals surface area contributed by atoms with Crippen molar-refractivity contribution in [2.45, 2.75) is 43.9 Å². The van der Waals surface area contributed by atoms with Crippen molar-refractivity contribution in [2.75, 3.05) is 0 Å². The maximum Gasteiger partial charge on any atom is 0.0367 e. The summed E-state index contributed by atoms with van der Waals surface area (Å²) >= 11 is 8.82. The minimum atomic E-state index is 0.391. The molecule has 0 nitrogen and oxygen atoms in total. The van der Waals surface area contributed by atoms with Gasteiger partial charge in [-0.25, -0.2) is 0 Å². The molecule has 0 radical (unpaired) electrons. The van der Waals surface area contributed by atoms with E-state index in [0.29, 0.717) is 11.3 Å². The molecule has 2 rings (SSSR count). The van der Waals surface area contributed by atoms with Crippen LogP contribution in [0.2, 0.25) is 0 Å². The molecule has 1 saturated carbocycles. The standard InChI is InChI=1S/C14H18ClI/c15-14-5-3-1-2-4-12(14)10-11-6-8-13(16)9-7-11/h6-9,12,14H,1-5,10H2. The third-order valence-corrected chi connectivity index (χ3v) is 4.77. The summed E-state index contributed by atoms with van der Waals surface area (Å²) in [6.07, 6.45) is 7.71. The lowest BCUT2D eigenvalue weighted by molar-refractivity contribution is 0.465. The maximum absolute atomic E-state index is 6.47. The molecule has 2 heteroatoms. The second kappa shape index (κ2) is 6.25. The predicted octanol–water partition coefficient (Wildman–Crippen LogP) is 5.02. The molecule has 1 aromatic rings.